The SMILES string of the molecule is CC(=O)OC[C@@H]1O[C@H](Oc2ccc([N+](=O)[O-])cc2)[C@@H](OC(C)=O)[C@H](OC(C)=O)[C@@H]1OC(C)=O. The van der Waals surface area contributed by atoms with Crippen molar-refractivity contribution in [3.63, 3.8) is 0 Å². The lowest BCUT2D eigenvalue weighted by atomic mass is 9.98. The molecule has 0 spiro atoms. The normalized spacial score (nSPS) is 24.2. The van der Waals surface area contributed by atoms with Crippen molar-refractivity contribution >= 4 is 29.6 Å². The molecule has 0 saturated carbocycles. The maximum atomic E-state index is 11.8. The molecule has 0 aromatic heterocycles. The van der Waals surface area contributed by atoms with Crippen LogP contribution in [0.5, 0.6) is 5.75 Å². The van der Waals surface area contributed by atoms with E-state index in [9.17, 15) is 29.3 Å². The molecule has 0 radical (unpaired) electrons. The van der Waals surface area contributed by atoms with Gasteiger partial charge < -0.3 is 28.4 Å². The number of rotatable bonds is 8. The van der Waals surface area contributed by atoms with E-state index in [1.54, 1.807) is 0 Å². The van der Waals surface area contributed by atoms with Gasteiger partial charge in [-0.15, -0.1) is 0 Å². The van der Waals surface area contributed by atoms with Crippen molar-refractivity contribution in [1.29, 1.82) is 0 Å². The predicted octanol–water partition coefficient (Wildman–Crippen LogP) is 1.06. The van der Waals surface area contributed by atoms with E-state index in [4.69, 9.17) is 28.4 Å². The Bertz CT molecular complexity index is 899. The van der Waals surface area contributed by atoms with Crippen LogP contribution in [0.4, 0.5) is 5.69 Å². The summed E-state index contributed by atoms with van der Waals surface area (Å²) in [5.74, 6) is -2.87. The Balaban J connectivity index is 2.43. The third-order valence-electron chi connectivity index (χ3n) is 4.25. The highest BCUT2D eigenvalue weighted by atomic mass is 16.7. The fourth-order valence-corrected chi connectivity index (χ4v) is 3.06. The number of ether oxygens (including phenoxy) is 6. The molecule has 1 saturated heterocycles. The third-order valence-corrected chi connectivity index (χ3v) is 4.25. The van der Waals surface area contributed by atoms with Crippen molar-refractivity contribution in [1.82, 2.24) is 0 Å². The molecule has 0 bridgehead atoms. The van der Waals surface area contributed by atoms with Crippen LogP contribution < -0.4 is 4.74 Å². The molecule has 33 heavy (non-hydrogen) atoms. The van der Waals surface area contributed by atoms with E-state index < -0.39 is 66.1 Å². The molecule has 1 fully saturated rings. The first-order chi connectivity index (χ1) is 15.5. The number of benzene rings is 1. The zero-order valence-corrected chi connectivity index (χ0v) is 18.2. The average molecular weight is 469 g/mol. The van der Waals surface area contributed by atoms with Crippen LogP contribution >= 0.6 is 0 Å². The number of carbonyl (C=O) groups excluding carboxylic acids is 4. The van der Waals surface area contributed by atoms with Crippen LogP contribution in [0.2, 0.25) is 0 Å². The minimum absolute atomic E-state index is 0.0986. The van der Waals surface area contributed by atoms with Gasteiger partial charge in [0.2, 0.25) is 12.4 Å². The van der Waals surface area contributed by atoms with Gasteiger partial charge >= 0.3 is 23.9 Å². The molecule has 1 heterocycles. The van der Waals surface area contributed by atoms with Crippen LogP contribution in [-0.4, -0.2) is 66.1 Å². The average Bonchev–Trinajstić information content (AvgIpc) is 2.70. The number of hydrogen-bond acceptors (Lipinski definition) is 12. The Morgan fingerprint density at radius 3 is 1.85 bits per heavy atom. The first kappa shape index (κ1) is 25.5. The summed E-state index contributed by atoms with van der Waals surface area (Å²) >= 11 is 0. The summed E-state index contributed by atoms with van der Waals surface area (Å²) in [6.07, 6.45) is -6.69. The molecule has 0 unspecified atom stereocenters. The summed E-state index contributed by atoms with van der Waals surface area (Å²) < 4.78 is 32.3. The highest BCUT2D eigenvalue weighted by Gasteiger charge is 2.53. The van der Waals surface area contributed by atoms with Crippen molar-refractivity contribution < 1.29 is 52.5 Å². The fourth-order valence-electron chi connectivity index (χ4n) is 3.06. The molecule has 1 aliphatic heterocycles. The lowest BCUT2D eigenvalue weighted by Gasteiger charge is -2.43. The number of nitro benzene ring substituents is 1. The molecular formula is C20H23NO12. The lowest BCUT2D eigenvalue weighted by Crippen LogP contribution is -2.63. The molecule has 180 valence electrons. The van der Waals surface area contributed by atoms with E-state index in [0.29, 0.717) is 0 Å². The number of hydrogen-bond donors (Lipinski definition) is 0. The van der Waals surface area contributed by atoms with E-state index in [0.717, 1.165) is 27.7 Å². The van der Waals surface area contributed by atoms with Crippen molar-refractivity contribution in [3.05, 3.63) is 34.4 Å². The smallest absolute Gasteiger partial charge is 0.303 e. The fraction of sp³-hybridized carbons (Fsp3) is 0.500. The van der Waals surface area contributed by atoms with Gasteiger partial charge in [0.05, 0.1) is 4.92 Å². The molecule has 0 N–H and O–H groups in total. The van der Waals surface area contributed by atoms with E-state index in [1.807, 2.05) is 0 Å². The van der Waals surface area contributed by atoms with Gasteiger partial charge in [0.1, 0.15) is 18.5 Å². The van der Waals surface area contributed by atoms with Gasteiger partial charge in [0.25, 0.3) is 5.69 Å². The van der Waals surface area contributed by atoms with Crippen LogP contribution in [0.15, 0.2) is 24.3 Å². The van der Waals surface area contributed by atoms with Crippen LogP contribution in [0.3, 0.4) is 0 Å². The monoisotopic (exact) mass is 469 g/mol. The van der Waals surface area contributed by atoms with E-state index in [-0.39, 0.29) is 11.4 Å². The minimum atomic E-state index is -1.42. The van der Waals surface area contributed by atoms with Crippen LogP contribution in [0, 0.1) is 10.1 Å². The molecule has 0 aliphatic carbocycles. The van der Waals surface area contributed by atoms with Crippen molar-refractivity contribution in [3.8, 4) is 5.75 Å². The van der Waals surface area contributed by atoms with E-state index in [2.05, 4.69) is 0 Å². The summed E-state index contributed by atoms with van der Waals surface area (Å²) in [4.78, 5) is 56.8. The first-order valence-corrected chi connectivity index (χ1v) is 9.69. The van der Waals surface area contributed by atoms with Crippen LogP contribution in [0.25, 0.3) is 0 Å². The zero-order chi connectivity index (χ0) is 24.7. The van der Waals surface area contributed by atoms with Gasteiger partial charge in [0.15, 0.2) is 12.2 Å². The number of nitro groups is 1. The second-order valence-corrected chi connectivity index (χ2v) is 6.94. The summed E-state index contributed by atoms with van der Waals surface area (Å²) in [7, 11) is 0. The molecule has 13 heteroatoms. The predicted molar refractivity (Wildman–Crippen MR) is 106 cm³/mol. The van der Waals surface area contributed by atoms with Crippen LogP contribution in [-0.2, 0) is 42.9 Å². The van der Waals surface area contributed by atoms with Gasteiger partial charge in [-0.3, -0.25) is 29.3 Å². The van der Waals surface area contributed by atoms with Gasteiger partial charge in [-0.25, -0.2) is 0 Å². The molecule has 1 aromatic rings. The molecular weight excluding hydrogens is 446 g/mol. The lowest BCUT2D eigenvalue weighted by molar-refractivity contribution is -0.384. The van der Waals surface area contributed by atoms with Crippen molar-refractivity contribution in [2.75, 3.05) is 6.61 Å². The topological polar surface area (TPSA) is 167 Å². The molecule has 1 aromatic carbocycles. The second-order valence-electron chi connectivity index (χ2n) is 6.94. The zero-order valence-electron chi connectivity index (χ0n) is 18.2. The van der Waals surface area contributed by atoms with Gasteiger partial charge in [-0.1, -0.05) is 0 Å². The molecule has 5 atom stereocenters. The second kappa shape index (κ2) is 11.2. The maximum absolute atomic E-state index is 11.8. The number of nitrogens with zero attached hydrogens (tertiary/aromatic N) is 1. The summed E-state index contributed by atoms with van der Waals surface area (Å²) in [5.41, 5.74) is -0.191. The van der Waals surface area contributed by atoms with E-state index in [1.165, 1.54) is 24.3 Å². The maximum Gasteiger partial charge on any atom is 0.303 e. The minimum Gasteiger partial charge on any atom is -0.463 e. The highest BCUT2D eigenvalue weighted by Crippen LogP contribution is 2.31. The molecule has 2 rings (SSSR count). The Hall–Kier alpha value is -3.74. The standard InChI is InChI=1S/C20H23NO12/c1-10(22)28-9-16-17(29-11(2)23)18(30-12(3)24)19(31-13(4)25)20(33-16)32-15-7-5-14(6-8-15)21(26)27/h5-8,16-20H,9H2,1-4H3/t16-,17+,18+,19-,20-/m0/s1. The highest BCUT2D eigenvalue weighted by molar-refractivity contribution is 5.68. The summed E-state index contributed by atoms with van der Waals surface area (Å²) in [6, 6.07) is 4.93. The number of esters is 4. The summed E-state index contributed by atoms with van der Waals surface area (Å²) in [6.45, 7) is 4.05. The van der Waals surface area contributed by atoms with E-state index >= 15 is 0 Å². The molecule has 0 amide bonds. The Morgan fingerprint density at radius 2 is 1.36 bits per heavy atom. The van der Waals surface area contributed by atoms with Crippen molar-refractivity contribution in [2.24, 2.45) is 0 Å². The quantitative estimate of drug-likeness (QED) is 0.230. The van der Waals surface area contributed by atoms with Gasteiger partial charge in [-0.05, 0) is 12.1 Å². The third kappa shape index (κ3) is 7.42. The van der Waals surface area contributed by atoms with Gasteiger partial charge in [0, 0.05) is 39.8 Å². The largest absolute Gasteiger partial charge is 0.463 e. The first-order valence-electron chi connectivity index (χ1n) is 9.69. The molecule has 13 nitrogen and oxygen atoms in total. The Kier molecular flexibility index (Phi) is 8.68. The molecule has 1 aliphatic rings. The summed E-state index contributed by atoms with van der Waals surface area (Å²) in [5, 5.41) is 10.9. The van der Waals surface area contributed by atoms with Crippen LogP contribution in [0.1, 0.15) is 27.7 Å². The van der Waals surface area contributed by atoms with Gasteiger partial charge in [-0.2, -0.15) is 0 Å². The Morgan fingerprint density at radius 1 is 0.848 bits per heavy atom. The number of non-ortho nitro benzene ring substituents is 1. The Labute approximate surface area is 188 Å². The van der Waals surface area contributed by atoms with Crippen molar-refractivity contribution in [2.45, 2.75) is 58.4 Å². The number of carbonyl (C=O) groups is 4.